The van der Waals surface area contributed by atoms with Crippen molar-refractivity contribution in [2.24, 2.45) is 0 Å². The molecule has 0 N–H and O–H groups in total. The standard InChI is InChI=1S/C18H22O4/c1-3-21-17(19)15-9-14(12-7-8-12)16(18(20)22-4-2)10-13(15)11-5-6-11/h9-12H,3-8H2,1-2H3. The molecule has 0 bridgehead atoms. The molecule has 0 saturated heterocycles. The van der Waals surface area contributed by atoms with E-state index in [2.05, 4.69) is 0 Å². The molecule has 3 rings (SSSR count). The Labute approximate surface area is 130 Å². The fourth-order valence-corrected chi connectivity index (χ4v) is 2.87. The first-order chi connectivity index (χ1) is 10.7. The van der Waals surface area contributed by atoms with Crippen molar-refractivity contribution in [1.82, 2.24) is 0 Å². The summed E-state index contributed by atoms with van der Waals surface area (Å²) >= 11 is 0. The second kappa shape index (κ2) is 6.11. The van der Waals surface area contributed by atoms with Gasteiger partial charge in [-0.15, -0.1) is 0 Å². The number of ether oxygens (including phenoxy) is 2. The van der Waals surface area contributed by atoms with Crippen molar-refractivity contribution in [2.45, 2.75) is 51.4 Å². The van der Waals surface area contributed by atoms with E-state index in [1.54, 1.807) is 0 Å². The van der Waals surface area contributed by atoms with E-state index in [4.69, 9.17) is 9.47 Å². The fourth-order valence-electron chi connectivity index (χ4n) is 2.87. The third-order valence-corrected chi connectivity index (χ3v) is 4.25. The number of hydrogen-bond acceptors (Lipinski definition) is 4. The maximum absolute atomic E-state index is 12.3. The lowest BCUT2D eigenvalue weighted by Gasteiger charge is -2.15. The number of rotatable bonds is 6. The highest BCUT2D eigenvalue weighted by Gasteiger charge is 2.34. The van der Waals surface area contributed by atoms with Crippen molar-refractivity contribution in [2.75, 3.05) is 13.2 Å². The van der Waals surface area contributed by atoms with Crippen molar-refractivity contribution in [3.63, 3.8) is 0 Å². The number of benzene rings is 1. The minimum absolute atomic E-state index is 0.276. The lowest BCUT2D eigenvalue weighted by molar-refractivity contribution is 0.0509. The average Bonchev–Trinajstić information content (AvgIpc) is 3.39. The first-order valence-electron chi connectivity index (χ1n) is 8.17. The SMILES string of the molecule is CCOC(=O)c1cc(C2CC2)c(C(=O)OCC)cc1C1CC1. The minimum Gasteiger partial charge on any atom is -0.462 e. The fraction of sp³-hybridized carbons (Fsp3) is 0.556. The molecule has 118 valence electrons. The van der Waals surface area contributed by atoms with Gasteiger partial charge in [0.2, 0.25) is 0 Å². The first-order valence-corrected chi connectivity index (χ1v) is 8.17. The third-order valence-electron chi connectivity index (χ3n) is 4.25. The lowest BCUT2D eigenvalue weighted by atomic mass is 9.93. The molecule has 4 nitrogen and oxygen atoms in total. The quantitative estimate of drug-likeness (QED) is 0.750. The van der Waals surface area contributed by atoms with Crippen molar-refractivity contribution in [3.05, 3.63) is 34.4 Å². The van der Waals surface area contributed by atoms with E-state index in [0.29, 0.717) is 36.2 Å². The van der Waals surface area contributed by atoms with Crippen molar-refractivity contribution >= 4 is 11.9 Å². The zero-order valence-electron chi connectivity index (χ0n) is 13.2. The Morgan fingerprint density at radius 1 is 0.864 bits per heavy atom. The lowest BCUT2D eigenvalue weighted by Crippen LogP contribution is -2.13. The summed E-state index contributed by atoms with van der Waals surface area (Å²) in [5, 5.41) is 0. The van der Waals surface area contributed by atoms with Gasteiger partial charge in [-0.25, -0.2) is 9.59 Å². The van der Waals surface area contributed by atoms with E-state index in [9.17, 15) is 9.59 Å². The molecule has 0 spiro atoms. The molecule has 0 amide bonds. The number of hydrogen-bond donors (Lipinski definition) is 0. The van der Waals surface area contributed by atoms with Gasteiger partial charge in [0, 0.05) is 0 Å². The molecular formula is C18H22O4. The van der Waals surface area contributed by atoms with Gasteiger partial charge < -0.3 is 9.47 Å². The van der Waals surface area contributed by atoms with Gasteiger partial charge >= 0.3 is 11.9 Å². The summed E-state index contributed by atoms with van der Waals surface area (Å²) in [5.41, 5.74) is 3.18. The molecule has 0 heterocycles. The van der Waals surface area contributed by atoms with E-state index < -0.39 is 0 Å². The minimum atomic E-state index is -0.276. The topological polar surface area (TPSA) is 52.6 Å². The summed E-state index contributed by atoms with van der Waals surface area (Å²) < 4.78 is 10.4. The van der Waals surface area contributed by atoms with E-state index in [0.717, 1.165) is 36.8 Å². The summed E-state index contributed by atoms with van der Waals surface area (Å²) in [6.45, 7) is 4.34. The Hall–Kier alpha value is -1.84. The van der Waals surface area contributed by atoms with Gasteiger partial charge in [-0.05, 0) is 74.6 Å². The molecule has 0 aliphatic heterocycles. The van der Waals surface area contributed by atoms with Gasteiger partial charge in [0.15, 0.2) is 0 Å². The van der Waals surface area contributed by atoms with Crippen molar-refractivity contribution < 1.29 is 19.1 Å². The van der Waals surface area contributed by atoms with Crippen LogP contribution in [0.2, 0.25) is 0 Å². The van der Waals surface area contributed by atoms with Gasteiger partial charge in [0.1, 0.15) is 0 Å². The number of carbonyl (C=O) groups excluding carboxylic acids is 2. The highest BCUT2D eigenvalue weighted by atomic mass is 16.5. The molecule has 4 heteroatoms. The zero-order chi connectivity index (χ0) is 15.7. The average molecular weight is 302 g/mol. The molecule has 22 heavy (non-hydrogen) atoms. The van der Waals surface area contributed by atoms with Gasteiger partial charge in [-0.3, -0.25) is 0 Å². The molecule has 2 aliphatic carbocycles. The van der Waals surface area contributed by atoms with E-state index in [-0.39, 0.29) is 11.9 Å². The molecule has 2 fully saturated rings. The Morgan fingerprint density at radius 2 is 1.23 bits per heavy atom. The highest BCUT2D eigenvalue weighted by Crippen LogP contribution is 2.47. The predicted octanol–water partition coefficient (Wildman–Crippen LogP) is 3.79. The smallest absolute Gasteiger partial charge is 0.338 e. The molecule has 1 aromatic carbocycles. The number of carbonyl (C=O) groups is 2. The molecule has 0 atom stereocenters. The molecule has 0 unspecified atom stereocenters. The molecule has 2 aliphatic rings. The van der Waals surface area contributed by atoms with Crippen LogP contribution < -0.4 is 0 Å². The van der Waals surface area contributed by atoms with Crippen molar-refractivity contribution in [3.8, 4) is 0 Å². The van der Waals surface area contributed by atoms with Crippen LogP contribution in [0, 0.1) is 0 Å². The van der Waals surface area contributed by atoms with Crippen LogP contribution in [-0.4, -0.2) is 25.2 Å². The van der Waals surface area contributed by atoms with Crippen LogP contribution in [0.4, 0.5) is 0 Å². The Balaban J connectivity index is 2.05. The molecule has 0 aromatic heterocycles. The summed E-state index contributed by atoms with van der Waals surface area (Å²) in [7, 11) is 0. The summed E-state index contributed by atoms with van der Waals surface area (Å²) in [4.78, 5) is 24.5. The molecule has 1 aromatic rings. The van der Waals surface area contributed by atoms with Crippen LogP contribution in [0.1, 0.15) is 83.2 Å². The number of esters is 2. The normalized spacial score (nSPS) is 17.2. The van der Waals surface area contributed by atoms with E-state index in [1.807, 2.05) is 26.0 Å². The first kappa shape index (κ1) is 15.1. The second-order valence-corrected chi connectivity index (χ2v) is 6.02. The summed E-state index contributed by atoms with van der Waals surface area (Å²) in [6.07, 6.45) is 4.27. The van der Waals surface area contributed by atoms with Gasteiger partial charge in [0.05, 0.1) is 24.3 Å². The largest absolute Gasteiger partial charge is 0.462 e. The molecular weight excluding hydrogens is 280 g/mol. The van der Waals surface area contributed by atoms with Crippen LogP contribution >= 0.6 is 0 Å². The van der Waals surface area contributed by atoms with E-state index >= 15 is 0 Å². The Bertz CT molecular complexity index is 544. The maximum atomic E-state index is 12.3. The summed E-state index contributed by atoms with van der Waals surface area (Å²) in [5.74, 6) is 0.199. The zero-order valence-corrected chi connectivity index (χ0v) is 13.2. The van der Waals surface area contributed by atoms with Gasteiger partial charge in [-0.2, -0.15) is 0 Å². The second-order valence-electron chi connectivity index (χ2n) is 6.02. The summed E-state index contributed by atoms with van der Waals surface area (Å²) in [6, 6.07) is 3.77. The van der Waals surface area contributed by atoms with Crippen LogP contribution in [0.3, 0.4) is 0 Å². The molecule has 0 radical (unpaired) electrons. The van der Waals surface area contributed by atoms with Gasteiger partial charge in [0.25, 0.3) is 0 Å². The van der Waals surface area contributed by atoms with Crippen LogP contribution in [-0.2, 0) is 9.47 Å². The predicted molar refractivity (Wildman–Crippen MR) is 82.3 cm³/mol. The van der Waals surface area contributed by atoms with Gasteiger partial charge in [-0.1, -0.05) is 0 Å². The Kier molecular flexibility index (Phi) is 4.19. The van der Waals surface area contributed by atoms with E-state index in [1.165, 1.54) is 0 Å². The maximum Gasteiger partial charge on any atom is 0.338 e. The monoisotopic (exact) mass is 302 g/mol. The Morgan fingerprint density at radius 3 is 1.50 bits per heavy atom. The van der Waals surface area contributed by atoms with Crippen LogP contribution in [0.15, 0.2) is 12.1 Å². The molecule has 2 saturated carbocycles. The third kappa shape index (κ3) is 3.01. The van der Waals surface area contributed by atoms with Crippen LogP contribution in [0.25, 0.3) is 0 Å². The van der Waals surface area contributed by atoms with Crippen molar-refractivity contribution in [1.29, 1.82) is 0 Å². The van der Waals surface area contributed by atoms with Crippen LogP contribution in [0.5, 0.6) is 0 Å². The highest BCUT2D eigenvalue weighted by molar-refractivity contribution is 5.97.